The molecule has 4 amide bonds. The van der Waals surface area contributed by atoms with Gasteiger partial charge in [0.2, 0.25) is 11.8 Å². The average molecular weight is 444 g/mol. The van der Waals surface area contributed by atoms with E-state index in [9.17, 15) is 14.4 Å². The molecule has 0 atom stereocenters. The van der Waals surface area contributed by atoms with Gasteiger partial charge in [0.25, 0.3) is 0 Å². The SMILES string of the molecule is O=C(CN1CCN(CC(=O)Nc2ccccc2Cl)CC1)NC(=O)NCc1ccccc1. The third-order valence-electron chi connectivity index (χ3n) is 4.90. The lowest BCUT2D eigenvalue weighted by Gasteiger charge is -2.33. The van der Waals surface area contributed by atoms with E-state index in [0.717, 1.165) is 5.56 Å². The molecule has 31 heavy (non-hydrogen) atoms. The van der Waals surface area contributed by atoms with Gasteiger partial charge in [0.05, 0.1) is 23.8 Å². The van der Waals surface area contributed by atoms with Crippen LogP contribution in [0.3, 0.4) is 0 Å². The molecule has 1 saturated heterocycles. The molecule has 2 aromatic carbocycles. The molecule has 3 rings (SSSR count). The normalized spacial score (nSPS) is 14.6. The number of hydrogen-bond acceptors (Lipinski definition) is 5. The maximum atomic E-state index is 12.2. The van der Waals surface area contributed by atoms with E-state index in [1.165, 1.54) is 0 Å². The van der Waals surface area contributed by atoms with Crippen LogP contribution in [0.25, 0.3) is 0 Å². The van der Waals surface area contributed by atoms with Crippen LogP contribution in [0.2, 0.25) is 5.02 Å². The Labute approximate surface area is 186 Å². The van der Waals surface area contributed by atoms with Gasteiger partial charge in [-0.15, -0.1) is 0 Å². The smallest absolute Gasteiger partial charge is 0.321 e. The molecule has 8 nitrogen and oxygen atoms in total. The topological polar surface area (TPSA) is 93.8 Å². The number of rotatable bonds is 7. The molecular formula is C22H26ClN5O3. The number of benzene rings is 2. The molecule has 0 bridgehead atoms. The van der Waals surface area contributed by atoms with Gasteiger partial charge in [-0.25, -0.2) is 4.79 Å². The van der Waals surface area contributed by atoms with Crippen molar-refractivity contribution in [2.45, 2.75) is 6.54 Å². The summed E-state index contributed by atoms with van der Waals surface area (Å²) in [6.07, 6.45) is 0. The fourth-order valence-electron chi connectivity index (χ4n) is 3.25. The Kier molecular flexibility index (Phi) is 8.40. The summed E-state index contributed by atoms with van der Waals surface area (Å²) in [6.45, 7) is 3.34. The minimum absolute atomic E-state index is 0.130. The zero-order valence-electron chi connectivity index (χ0n) is 17.1. The molecule has 3 N–H and O–H groups in total. The number of imide groups is 1. The summed E-state index contributed by atoms with van der Waals surface area (Å²) < 4.78 is 0. The fourth-order valence-corrected chi connectivity index (χ4v) is 3.44. The summed E-state index contributed by atoms with van der Waals surface area (Å²) in [7, 11) is 0. The molecule has 1 aliphatic heterocycles. The van der Waals surface area contributed by atoms with Crippen LogP contribution in [-0.4, -0.2) is 66.9 Å². The van der Waals surface area contributed by atoms with Crippen molar-refractivity contribution in [2.75, 3.05) is 44.6 Å². The van der Waals surface area contributed by atoms with Crippen molar-refractivity contribution < 1.29 is 14.4 Å². The Bertz CT molecular complexity index is 901. The van der Waals surface area contributed by atoms with Gasteiger partial charge in [-0.2, -0.15) is 0 Å². The minimum Gasteiger partial charge on any atom is -0.334 e. The molecule has 0 unspecified atom stereocenters. The third kappa shape index (κ3) is 7.67. The minimum atomic E-state index is -0.510. The van der Waals surface area contributed by atoms with Crippen molar-refractivity contribution in [2.24, 2.45) is 0 Å². The summed E-state index contributed by atoms with van der Waals surface area (Å²) in [5.41, 5.74) is 1.55. The number of para-hydroxylation sites is 1. The molecule has 1 fully saturated rings. The van der Waals surface area contributed by atoms with E-state index in [2.05, 4.69) is 16.0 Å². The number of nitrogens with one attached hydrogen (secondary N) is 3. The van der Waals surface area contributed by atoms with E-state index in [-0.39, 0.29) is 24.9 Å². The van der Waals surface area contributed by atoms with E-state index in [4.69, 9.17) is 11.6 Å². The predicted molar refractivity (Wildman–Crippen MR) is 120 cm³/mol. The number of anilines is 1. The lowest BCUT2D eigenvalue weighted by molar-refractivity contribution is -0.122. The standard InChI is InChI=1S/C22H26ClN5O3/c23-18-8-4-5-9-19(18)25-20(29)15-27-10-12-28(13-11-27)16-21(30)26-22(31)24-14-17-6-2-1-3-7-17/h1-9H,10-16H2,(H,25,29)(H2,24,26,30,31). The molecule has 2 aromatic rings. The van der Waals surface area contributed by atoms with Gasteiger partial charge in [-0.05, 0) is 17.7 Å². The second-order valence-corrected chi connectivity index (χ2v) is 7.70. The van der Waals surface area contributed by atoms with Gasteiger partial charge in [-0.3, -0.25) is 24.7 Å². The van der Waals surface area contributed by atoms with Crippen LogP contribution in [0.4, 0.5) is 10.5 Å². The quantitative estimate of drug-likeness (QED) is 0.608. The number of carbonyl (C=O) groups excluding carboxylic acids is 3. The van der Waals surface area contributed by atoms with Crippen molar-refractivity contribution in [1.29, 1.82) is 0 Å². The fraction of sp³-hybridized carbons (Fsp3) is 0.318. The largest absolute Gasteiger partial charge is 0.334 e. The summed E-state index contributed by atoms with van der Waals surface area (Å²) in [4.78, 5) is 40.2. The first-order valence-electron chi connectivity index (χ1n) is 10.1. The van der Waals surface area contributed by atoms with E-state index in [1.807, 2.05) is 46.2 Å². The van der Waals surface area contributed by atoms with Crippen LogP contribution in [0, 0.1) is 0 Å². The van der Waals surface area contributed by atoms with Crippen LogP contribution in [0.15, 0.2) is 54.6 Å². The van der Waals surface area contributed by atoms with Gasteiger partial charge in [0.1, 0.15) is 0 Å². The monoisotopic (exact) mass is 443 g/mol. The second kappa shape index (κ2) is 11.5. The number of carbonyl (C=O) groups is 3. The molecule has 0 spiro atoms. The molecule has 9 heteroatoms. The highest BCUT2D eigenvalue weighted by Gasteiger charge is 2.21. The number of hydrogen-bond donors (Lipinski definition) is 3. The Balaban J connectivity index is 1.33. The van der Waals surface area contributed by atoms with E-state index >= 15 is 0 Å². The predicted octanol–water partition coefficient (Wildman–Crippen LogP) is 1.92. The summed E-state index contributed by atoms with van der Waals surface area (Å²) in [5, 5.41) is 8.33. The molecule has 0 saturated carbocycles. The van der Waals surface area contributed by atoms with E-state index in [1.54, 1.807) is 18.2 Å². The Hall–Kier alpha value is -2.94. The molecule has 0 aliphatic carbocycles. The second-order valence-electron chi connectivity index (χ2n) is 7.30. The van der Waals surface area contributed by atoms with Gasteiger partial charge >= 0.3 is 6.03 Å². The van der Waals surface area contributed by atoms with Gasteiger partial charge in [0.15, 0.2) is 0 Å². The first-order chi connectivity index (χ1) is 15.0. The number of nitrogens with zero attached hydrogens (tertiary/aromatic N) is 2. The average Bonchev–Trinajstić information content (AvgIpc) is 2.76. The van der Waals surface area contributed by atoms with Crippen LogP contribution in [-0.2, 0) is 16.1 Å². The number of piperazine rings is 1. The molecule has 1 heterocycles. The molecule has 1 aliphatic rings. The lowest BCUT2D eigenvalue weighted by Crippen LogP contribution is -2.52. The summed E-state index contributed by atoms with van der Waals surface area (Å²) in [5.74, 6) is -0.482. The van der Waals surface area contributed by atoms with Crippen molar-refractivity contribution in [3.63, 3.8) is 0 Å². The van der Waals surface area contributed by atoms with Crippen molar-refractivity contribution in [3.8, 4) is 0 Å². The molecule has 0 aromatic heterocycles. The van der Waals surface area contributed by atoms with Gasteiger partial charge in [-0.1, -0.05) is 54.1 Å². The van der Waals surface area contributed by atoms with Gasteiger partial charge in [0, 0.05) is 32.7 Å². The van der Waals surface area contributed by atoms with Gasteiger partial charge < -0.3 is 10.6 Å². The van der Waals surface area contributed by atoms with Crippen LogP contribution >= 0.6 is 11.6 Å². The van der Waals surface area contributed by atoms with E-state index in [0.29, 0.717) is 43.4 Å². The number of amides is 4. The van der Waals surface area contributed by atoms with Crippen LogP contribution in [0.1, 0.15) is 5.56 Å². The molecule has 164 valence electrons. The summed E-state index contributed by atoms with van der Waals surface area (Å²) >= 11 is 6.06. The molecular weight excluding hydrogens is 418 g/mol. The lowest BCUT2D eigenvalue weighted by atomic mass is 10.2. The third-order valence-corrected chi connectivity index (χ3v) is 5.23. The van der Waals surface area contributed by atoms with Crippen LogP contribution in [0.5, 0.6) is 0 Å². The van der Waals surface area contributed by atoms with Crippen molar-refractivity contribution >= 4 is 35.1 Å². The first kappa shape index (κ1) is 22.7. The molecule has 0 radical (unpaired) electrons. The number of halogens is 1. The van der Waals surface area contributed by atoms with Crippen molar-refractivity contribution in [3.05, 3.63) is 65.2 Å². The maximum Gasteiger partial charge on any atom is 0.321 e. The highest BCUT2D eigenvalue weighted by molar-refractivity contribution is 6.33. The highest BCUT2D eigenvalue weighted by atomic mass is 35.5. The van der Waals surface area contributed by atoms with E-state index < -0.39 is 6.03 Å². The Morgan fingerprint density at radius 1 is 0.806 bits per heavy atom. The highest BCUT2D eigenvalue weighted by Crippen LogP contribution is 2.20. The first-order valence-corrected chi connectivity index (χ1v) is 10.5. The van der Waals surface area contributed by atoms with Crippen molar-refractivity contribution in [1.82, 2.24) is 20.4 Å². The zero-order chi connectivity index (χ0) is 22.1. The Morgan fingerprint density at radius 2 is 1.39 bits per heavy atom. The Morgan fingerprint density at radius 3 is 2.03 bits per heavy atom. The maximum absolute atomic E-state index is 12.2. The van der Waals surface area contributed by atoms with Crippen LogP contribution < -0.4 is 16.0 Å². The number of urea groups is 1. The summed E-state index contributed by atoms with van der Waals surface area (Å²) in [6, 6.07) is 16.1. The zero-order valence-corrected chi connectivity index (χ0v) is 17.9.